The van der Waals surface area contributed by atoms with Crippen molar-refractivity contribution >= 4 is 40.3 Å². The highest BCUT2D eigenvalue weighted by atomic mass is 19.1. The van der Waals surface area contributed by atoms with Crippen LogP contribution in [0.25, 0.3) is 33.5 Å². The summed E-state index contributed by atoms with van der Waals surface area (Å²) in [5.74, 6) is -2.04. The molecule has 4 amide bonds. The Morgan fingerprint density at radius 2 is 1.68 bits per heavy atom. The second kappa shape index (κ2) is 18.9. The number of amides is 4. The van der Waals surface area contributed by atoms with Crippen LogP contribution < -0.4 is 15.0 Å². The number of anilines is 1. The van der Waals surface area contributed by atoms with Gasteiger partial charge in [-0.1, -0.05) is 30.3 Å². The SMILES string of the molecule is COc1ccc(C(=O)N2CCC3(CCN(Cc4ccc(-c5cc6c(-c7cc(F)cc(CC(=O)c8ccc(C(C)(C)O)cc8F)c7C)ncnc6[nH]5)cc4)CC3)C(CO)C2)cc1N1CCC(=O)NC1=O. The van der Waals surface area contributed by atoms with Crippen LogP contribution in [-0.2, 0) is 23.4 Å². The molecule has 4 aromatic carbocycles. The van der Waals surface area contributed by atoms with Gasteiger partial charge < -0.3 is 24.8 Å². The number of imide groups is 1. The summed E-state index contributed by atoms with van der Waals surface area (Å²) in [4.78, 5) is 69.7. The second-order valence-corrected chi connectivity index (χ2v) is 19.1. The first-order valence-corrected chi connectivity index (χ1v) is 23.2. The summed E-state index contributed by atoms with van der Waals surface area (Å²) in [6, 6.07) is 21.3. The number of rotatable bonds is 12. The molecule has 358 valence electrons. The van der Waals surface area contributed by atoms with Crippen LogP contribution in [-0.4, -0.2) is 105 Å². The molecule has 2 aromatic heterocycles. The van der Waals surface area contributed by atoms with E-state index in [1.807, 2.05) is 18.2 Å². The Morgan fingerprint density at radius 3 is 2.38 bits per heavy atom. The number of Topliss-reactive ketones (excluding diaryl/α,β-unsaturated/α-hetero) is 1. The lowest BCUT2D eigenvalue weighted by Gasteiger charge is -2.51. The van der Waals surface area contributed by atoms with E-state index >= 15 is 8.78 Å². The summed E-state index contributed by atoms with van der Waals surface area (Å²) in [6.07, 6.45) is 3.87. The molecule has 3 fully saturated rings. The normalized spacial score (nSPS) is 17.7. The van der Waals surface area contributed by atoms with Crippen LogP contribution in [0, 0.1) is 29.9 Å². The smallest absolute Gasteiger partial charge is 0.328 e. The Balaban J connectivity index is 0.837. The van der Waals surface area contributed by atoms with Crippen molar-refractivity contribution in [1.29, 1.82) is 0 Å². The van der Waals surface area contributed by atoms with Crippen molar-refractivity contribution in [1.82, 2.24) is 30.1 Å². The van der Waals surface area contributed by atoms with E-state index in [0.29, 0.717) is 69.1 Å². The zero-order chi connectivity index (χ0) is 48.8. The predicted octanol–water partition coefficient (Wildman–Crippen LogP) is 7.72. The number of piperidine rings is 2. The minimum Gasteiger partial charge on any atom is -0.495 e. The summed E-state index contributed by atoms with van der Waals surface area (Å²) in [6.45, 7) is 8.41. The van der Waals surface area contributed by atoms with Gasteiger partial charge in [-0.05, 0) is 135 Å². The molecule has 0 aliphatic carbocycles. The summed E-state index contributed by atoms with van der Waals surface area (Å²) < 4.78 is 35.8. The van der Waals surface area contributed by atoms with E-state index in [4.69, 9.17) is 4.74 Å². The summed E-state index contributed by atoms with van der Waals surface area (Å²) in [5.41, 5.74) is 5.08. The number of aliphatic hydroxyl groups is 2. The molecule has 1 atom stereocenters. The Bertz CT molecular complexity index is 2980. The number of carbonyl (C=O) groups is 4. The molecule has 0 saturated carbocycles. The molecule has 3 aliphatic rings. The average Bonchev–Trinajstić information content (AvgIpc) is 3.78. The topological polar surface area (TPSA) is 181 Å². The monoisotopic (exact) mass is 939 g/mol. The van der Waals surface area contributed by atoms with Crippen molar-refractivity contribution in [3.63, 3.8) is 0 Å². The van der Waals surface area contributed by atoms with Gasteiger partial charge in [0.2, 0.25) is 5.91 Å². The van der Waals surface area contributed by atoms with Crippen molar-refractivity contribution < 1.29 is 42.9 Å². The molecule has 0 bridgehead atoms. The van der Waals surface area contributed by atoms with Gasteiger partial charge in [0, 0.05) is 73.8 Å². The Kier molecular flexibility index (Phi) is 12.9. The Hall–Kier alpha value is -6.88. The third-order valence-corrected chi connectivity index (χ3v) is 14.5. The number of hydrogen-bond donors (Lipinski definition) is 4. The number of benzene rings is 4. The maximum atomic E-state index is 15.3. The molecule has 16 heteroatoms. The molecular formula is C53H55F2N7O7. The van der Waals surface area contributed by atoms with Crippen molar-refractivity contribution in [3.05, 3.63) is 130 Å². The van der Waals surface area contributed by atoms with Gasteiger partial charge in [0.15, 0.2) is 5.78 Å². The number of urea groups is 1. The number of methoxy groups -OCH3 is 1. The number of ketones is 1. The molecule has 14 nitrogen and oxygen atoms in total. The van der Waals surface area contributed by atoms with Gasteiger partial charge in [-0.15, -0.1) is 0 Å². The molecule has 9 rings (SSSR count). The summed E-state index contributed by atoms with van der Waals surface area (Å²) in [5, 5.41) is 24.0. The number of aliphatic hydroxyl groups excluding tert-OH is 1. The standard InChI is InChI=1S/C53H55F2N7O7/c1-31-35(23-45(64)39-11-10-36(24-42(39)55)52(2,3)68)21-38(54)25-40(31)48-41-26-43(58-49(41)57-30-56-48)33-7-5-32(6-8-33)27-60-18-14-53(15-19-60)16-20-61(28-37(53)29-63)50(66)34-9-12-46(69-4)44(22-34)62-17-13-47(65)59-51(62)67/h5-12,21-22,24-26,30,37,63,68H,13-20,23,27-29H2,1-4H3,(H,56,57,58)(H,59,65,67). The number of aromatic nitrogens is 3. The van der Waals surface area contributed by atoms with Gasteiger partial charge in [-0.2, -0.15) is 0 Å². The van der Waals surface area contributed by atoms with E-state index in [-0.39, 0.29) is 54.7 Å². The Morgan fingerprint density at radius 1 is 0.928 bits per heavy atom. The number of fused-ring (bicyclic) bond motifs is 1. The molecule has 6 aromatic rings. The molecule has 69 heavy (non-hydrogen) atoms. The first-order valence-electron chi connectivity index (χ1n) is 23.2. The fraction of sp³-hybridized carbons (Fsp3) is 0.358. The highest BCUT2D eigenvalue weighted by Crippen LogP contribution is 2.46. The number of nitrogens with zero attached hydrogens (tertiary/aromatic N) is 5. The first kappa shape index (κ1) is 47.2. The number of halogens is 2. The number of aromatic amines is 1. The highest BCUT2D eigenvalue weighted by Gasteiger charge is 2.45. The van der Waals surface area contributed by atoms with Crippen molar-refractivity contribution in [2.24, 2.45) is 11.3 Å². The van der Waals surface area contributed by atoms with Crippen LogP contribution >= 0.6 is 0 Å². The van der Waals surface area contributed by atoms with Crippen molar-refractivity contribution in [3.8, 4) is 28.3 Å². The van der Waals surface area contributed by atoms with Gasteiger partial charge in [-0.3, -0.25) is 29.5 Å². The Labute approximate surface area is 398 Å². The zero-order valence-electron chi connectivity index (χ0n) is 39.1. The van der Waals surface area contributed by atoms with Gasteiger partial charge in [0.05, 0.1) is 29.7 Å². The second-order valence-electron chi connectivity index (χ2n) is 19.1. The van der Waals surface area contributed by atoms with E-state index in [0.717, 1.165) is 61.8 Å². The summed E-state index contributed by atoms with van der Waals surface area (Å²) >= 11 is 0. The van der Waals surface area contributed by atoms with E-state index in [9.17, 15) is 29.4 Å². The molecule has 3 aliphatic heterocycles. The number of ether oxygens (including phenoxy) is 1. The minimum absolute atomic E-state index is 0.0321. The average molecular weight is 940 g/mol. The third kappa shape index (κ3) is 9.48. The quantitative estimate of drug-likeness (QED) is 0.0888. The number of nitrogens with one attached hydrogen (secondary N) is 2. The fourth-order valence-corrected chi connectivity index (χ4v) is 10.3. The maximum absolute atomic E-state index is 15.3. The zero-order valence-corrected chi connectivity index (χ0v) is 39.1. The van der Waals surface area contributed by atoms with Crippen LogP contribution in [0.3, 0.4) is 0 Å². The molecule has 4 N–H and O–H groups in total. The fourth-order valence-electron chi connectivity index (χ4n) is 10.3. The molecule has 1 unspecified atom stereocenters. The third-order valence-electron chi connectivity index (χ3n) is 14.5. The molecule has 3 saturated heterocycles. The first-order chi connectivity index (χ1) is 33.0. The largest absolute Gasteiger partial charge is 0.495 e. The van der Waals surface area contributed by atoms with Gasteiger partial charge in [0.25, 0.3) is 5.91 Å². The van der Waals surface area contributed by atoms with Crippen LogP contribution in [0.4, 0.5) is 19.3 Å². The van der Waals surface area contributed by atoms with E-state index in [1.165, 1.54) is 56.4 Å². The van der Waals surface area contributed by atoms with Crippen molar-refractivity contribution in [2.75, 3.05) is 51.3 Å². The van der Waals surface area contributed by atoms with E-state index in [2.05, 4.69) is 37.3 Å². The van der Waals surface area contributed by atoms with Crippen LogP contribution in [0.1, 0.15) is 82.5 Å². The maximum Gasteiger partial charge on any atom is 0.328 e. The molecular weight excluding hydrogens is 885 g/mol. The predicted molar refractivity (Wildman–Crippen MR) is 256 cm³/mol. The van der Waals surface area contributed by atoms with E-state index in [1.54, 1.807) is 30.0 Å². The molecule has 5 heterocycles. The number of likely N-dealkylation sites (tertiary alicyclic amines) is 2. The van der Waals surface area contributed by atoms with Gasteiger partial charge in [0.1, 0.15) is 29.4 Å². The lowest BCUT2D eigenvalue weighted by molar-refractivity contribution is -0.120. The molecule has 0 radical (unpaired) electrons. The molecule has 1 spiro atoms. The minimum atomic E-state index is -1.28. The summed E-state index contributed by atoms with van der Waals surface area (Å²) in [7, 11) is 1.49. The lowest BCUT2D eigenvalue weighted by atomic mass is 9.64. The number of carbonyl (C=O) groups excluding carboxylic acids is 4. The lowest BCUT2D eigenvalue weighted by Crippen LogP contribution is -2.54. The van der Waals surface area contributed by atoms with Gasteiger partial charge in [-0.25, -0.2) is 23.5 Å². The number of H-pyrrole nitrogens is 1. The van der Waals surface area contributed by atoms with Crippen LogP contribution in [0.2, 0.25) is 0 Å². The van der Waals surface area contributed by atoms with Gasteiger partial charge >= 0.3 is 6.03 Å². The highest BCUT2D eigenvalue weighted by molar-refractivity contribution is 6.07. The number of hydrogen-bond acceptors (Lipinski definition) is 10. The van der Waals surface area contributed by atoms with Crippen LogP contribution in [0.15, 0.2) is 85.2 Å². The van der Waals surface area contributed by atoms with E-state index < -0.39 is 29.0 Å². The van der Waals surface area contributed by atoms with Crippen LogP contribution in [0.5, 0.6) is 5.75 Å². The van der Waals surface area contributed by atoms with Crippen molar-refractivity contribution in [2.45, 2.75) is 65.0 Å².